The van der Waals surface area contributed by atoms with Gasteiger partial charge >= 0.3 is 0 Å². The van der Waals surface area contributed by atoms with Gasteiger partial charge in [-0.3, -0.25) is 4.99 Å². The van der Waals surface area contributed by atoms with E-state index in [4.69, 9.17) is 0 Å². The van der Waals surface area contributed by atoms with Crippen molar-refractivity contribution in [2.45, 2.75) is 19.8 Å². The maximum absolute atomic E-state index is 4.08. The summed E-state index contributed by atoms with van der Waals surface area (Å²) in [5.41, 5.74) is 2.64. The highest BCUT2D eigenvalue weighted by Crippen LogP contribution is 1.84. The number of hydrogen-bond acceptors (Lipinski definition) is 3. The number of rotatable bonds is 5. The molecular weight excluding hydrogens is 126 g/mol. The lowest BCUT2D eigenvalue weighted by Gasteiger charge is -1.86. The summed E-state index contributed by atoms with van der Waals surface area (Å²) in [6.45, 7) is 3.06. The second kappa shape index (κ2) is 8.14. The van der Waals surface area contributed by atoms with Gasteiger partial charge < -0.3 is 5.43 Å². The van der Waals surface area contributed by atoms with Crippen LogP contribution in [0.3, 0.4) is 0 Å². The molecule has 10 heavy (non-hydrogen) atoms. The summed E-state index contributed by atoms with van der Waals surface area (Å²) in [4.78, 5) is 4.08. The second-order valence-electron chi connectivity index (χ2n) is 1.91. The summed E-state index contributed by atoms with van der Waals surface area (Å²) < 4.78 is 0. The van der Waals surface area contributed by atoms with Crippen molar-refractivity contribution in [3.8, 4) is 0 Å². The summed E-state index contributed by atoms with van der Waals surface area (Å²) in [7, 11) is 1.76. The van der Waals surface area contributed by atoms with Crippen molar-refractivity contribution in [1.82, 2.24) is 5.43 Å². The van der Waals surface area contributed by atoms with Crippen LogP contribution in [0.2, 0.25) is 0 Å². The molecule has 0 saturated carbocycles. The molecule has 0 aromatic rings. The fraction of sp³-hybridized carbons (Fsp3) is 0.714. The van der Waals surface area contributed by atoms with Gasteiger partial charge in [0.05, 0.1) is 6.21 Å². The average Bonchev–Trinajstić information content (AvgIpc) is 1.97. The molecule has 0 aliphatic heterocycles. The van der Waals surface area contributed by atoms with Gasteiger partial charge in [0, 0.05) is 19.8 Å². The molecule has 0 bridgehead atoms. The fourth-order valence-electron chi connectivity index (χ4n) is 0.479. The zero-order valence-electron chi connectivity index (χ0n) is 6.67. The Morgan fingerprint density at radius 3 is 2.80 bits per heavy atom. The number of aliphatic imine (C=N–C) groups is 1. The van der Waals surface area contributed by atoms with E-state index in [0.717, 1.165) is 13.0 Å². The molecule has 3 heteroatoms. The van der Waals surface area contributed by atoms with Gasteiger partial charge in [-0.25, -0.2) is 0 Å². The zero-order chi connectivity index (χ0) is 7.66. The van der Waals surface area contributed by atoms with E-state index in [-0.39, 0.29) is 0 Å². The standard InChI is InChI=1S/C7H15N3/c1-3-4-5-9-6-7-10-8-2/h6-8H,3-5H2,1-2H3/b9-6?,10-7+. The molecule has 3 nitrogen and oxygen atoms in total. The Bertz CT molecular complexity index is 107. The first-order chi connectivity index (χ1) is 4.91. The molecule has 0 aromatic heterocycles. The molecule has 0 saturated heterocycles. The first kappa shape index (κ1) is 9.14. The van der Waals surface area contributed by atoms with Crippen molar-refractivity contribution in [2.24, 2.45) is 10.1 Å². The van der Waals surface area contributed by atoms with Crippen LogP contribution in [-0.4, -0.2) is 26.0 Å². The Morgan fingerprint density at radius 1 is 1.40 bits per heavy atom. The highest BCUT2D eigenvalue weighted by Gasteiger charge is 1.75. The molecule has 58 valence electrons. The number of nitrogens with one attached hydrogen (secondary N) is 1. The minimum absolute atomic E-state index is 0.909. The van der Waals surface area contributed by atoms with Crippen molar-refractivity contribution < 1.29 is 0 Å². The second-order valence-corrected chi connectivity index (χ2v) is 1.91. The van der Waals surface area contributed by atoms with Crippen molar-refractivity contribution in [3.63, 3.8) is 0 Å². The normalized spacial score (nSPS) is 11.4. The van der Waals surface area contributed by atoms with Crippen LogP contribution < -0.4 is 5.43 Å². The minimum atomic E-state index is 0.909. The molecule has 0 fully saturated rings. The number of hydrogen-bond donors (Lipinski definition) is 1. The molecular formula is C7H15N3. The van der Waals surface area contributed by atoms with E-state index in [1.54, 1.807) is 19.5 Å². The molecule has 0 unspecified atom stereocenters. The first-order valence-electron chi connectivity index (χ1n) is 3.60. The predicted molar refractivity (Wildman–Crippen MR) is 45.8 cm³/mol. The van der Waals surface area contributed by atoms with Crippen LogP contribution in [0, 0.1) is 0 Å². The van der Waals surface area contributed by atoms with E-state index < -0.39 is 0 Å². The van der Waals surface area contributed by atoms with Crippen molar-refractivity contribution in [2.75, 3.05) is 13.6 Å². The van der Waals surface area contributed by atoms with Crippen LogP contribution in [0.25, 0.3) is 0 Å². The average molecular weight is 141 g/mol. The van der Waals surface area contributed by atoms with Crippen LogP contribution in [0.1, 0.15) is 19.8 Å². The lowest BCUT2D eigenvalue weighted by atomic mass is 10.3. The van der Waals surface area contributed by atoms with Crippen molar-refractivity contribution in [3.05, 3.63) is 0 Å². The largest absolute Gasteiger partial charge is 0.313 e. The lowest BCUT2D eigenvalue weighted by Crippen LogP contribution is -1.94. The highest BCUT2D eigenvalue weighted by molar-refractivity contribution is 6.15. The third kappa shape index (κ3) is 7.14. The molecule has 0 heterocycles. The molecule has 0 aromatic carbocycles. The van der Waals surface area contributed by atoms with Gasteiger partial charge in [0.25, 0.3) is 0 Å². The molecule has 1 N–H and O–H groups in total. The van der Waals surface area contributed by atoms with Crippen LogP contribution >= 0.6 is 0 Å². The monoisotopic (exact) mass is 141 g/mol. The Labute approximate surface area is 62.2 Å². The Morgan fingerprint density at radius 2 is 2.20 bits per heavy atom. The lowest BCUT2D eigenvalue weighted by molar-refractivity contribution is 0.811. The molecule has 0 rings (SSSR count). The van der Waals surface area contributed by atoms with E-state index in [1.165, 1.54) is 6.42 Å². The Hall–Kier alpha value is -0.860. The van der Waals surface area contributed by atoms with Gasteiger partial charge in [-0.15, -0.1) is 0 Å². The first-order valence-corrected chi connectivity index (χ1v) is 3.60. The third-order valence-corrected chi connectivity index (χ3v) is 1.02. The van der Waals surface area contributed by atoms with Gasteiger partial charge in [0.1, 0.15) is 0 Å². The smallest absolute Gasteiger partial charge is 0.0646 e. The number of unbranched alkanes of at least 4 members (excludes halogenated alkanes) is 1. The van der Waals surface area contributed by atoms with E-state index in [0.29, 0.717) is 0 Å². The minimum Gasteiger partial charge on any atom is -0.313 e. The molecule has 0 atom stereocenters. The van der Waals surface area contributed by atoms with Gasteiger partial charge in [-0.1, -0.05) is 13.3 Å². The van der Waals surface area contributed by atoms with Crippen LogP contribution in [0.4, 0.5) is 0 Å². The maximum atomic E-state index is 4.08. The third-order valence-electron chi connectivity index (χ3n) is 1.02. The molecule has 0 radical (unpaired) electrons. The molecule has 0 aliphatic rings. The Balaban J connectivity index is 3.11. The van der Waals surface area contributed by atoms with E-state index >= 15 is 0 Å². The highest BCUT2D eigenvalue weighted by atomic mass is 15.3. The molecule has 0 aliphatic carbocycles. The Kier molecular flexibility index (Phi) is 7.44. The maximum Gasteiger partial charge on any atom is 0.0646 e. The fourth-order valence-corrected chi connectivity index (χ4v) is 0.479. The van der Waals surface area contributed by atoms with Crippen LogP contribution in [0.5, 0.6) is 0 Å². The molecule has 0 amide bonds. The van der Waals surface area contributed by atoms with Crippen LogP contribution in [-0.2, 0) is 0 Å². The number of nitrogens with zero attached hydrogens (tertiary/aromatic N) is 2. The van der Waals surface area contributed by atoms with Gasteiger partial charge in [-0.2, -0.15) is 5.10 Å². The van der Waals surface area contributed by atoms with E-state index in [9.17, 15) is 0 Å². The van der Waals surface area contributed by atoms with Gasteiger partial charge in [0.15, 0.2) is 0 Å². The summed E-state index contributed by atoms with van der Waals surface area (Å²) in [5.74, 6) is 0. The van der Waals surface area contributed by atoms with Crippen molar-refractivity contribution in [1.29, 1.82) is 0 Å². The summed E-state index contributed by atoms with van der Waals surface area (Å²) >= 11 is 0. The summed E-state index contributed by atoms with van der Waals surface area (Å²) in [6, 6.07) is 0. The van der Waals surface area contributed by atoms with Crippen LogP contribution in [0.15, 0.2) is 10.1 Å². The van der Waals surface area contributed by atoms with Gasteiger partial charge in [-0.05, 0) is 6.42 Å². The number of hydrazone groups is 1. The topological polar surface area (TPSA) is 36.8 Å². The quantitative estimate of drug-likeness (QED) is 0.347. The van der Waals surface area contributed by atoms with E-state index in [1.807, 2.05) is 0 Å². The molecule has 0 spiro atoms. The predicted octanol–water partition coefficient (Wildman–Crippen LogP) is 1.06. The SMILES string of the molecule is CCCCN=C/C=N/NC. The summed E-state index contributed by atoms with van der Waals surface area (Å²) in [5, 5.41) is 3.75. The van der Waals surface area contributed by atoms with Crippen molar-refractivity contribution >= 4 is 12.4 Å². The zero-order valence-corrected chi connectivity index (χ0v) is 6.67. The van der Waals surface area contributed by atoms with E-state index in [2.05, 4.69) is 22.4 Å². The van der Waals surface area contributed by atoms with Gasteiger partial charge in [0.2, 0.25) is 0 Å². The summed E-state index contributed by atoms with van der Waals surface area (Å²) in [6.07, 6.45) is 5.71.